The molecule has 1 aromatic rings. The molecule has 0 radical (unpaired) electrons. The Labute approximate surface area is 119 Å². The molecule has 2 unspecified atom stereocenters. The molecule has 0 aromatic heterocycles. The molecule has 1 N–H and O–H groups in total. The van der Waals surface area contributed by atoms with Crippen molar-refractivity contribution in [2.45, 2.75) is 13.0 Å². The first-order valence-electron chi connectivity index (χ1n) is 6.82. The smallest absolute Gasteiger partial charge is 0.315 e. The molecule has 6 heteroatoms. The molecule has 0 saturated carbocycles. The minimum atomic E-state index is -0.297. The number of likely N-dealkylation sites (N-methyl/N-ethyl adjacent to an activating group) is 1. The Hall–Kier alpha value is -1.82. The van der Waals surface area contributed by atoms with Gasteiger partial charge in [-0.15, -0.1) is 0 Å². The minimum absolute atomic E-state index is 0.168. The van der Waals surface area contributed by atoms with Gasteiger partial charge in [0.05, 0.1) is 4.92 Å². The highest BCUT2D eigenvalue weighted by molar-refractivity contribution is 5.77. The summed E-state index contributed by atoms with van der Waals surface area (Å²) in [5.74, 6) is 0.489. The van der Waals surface area contributed by atoms with Crippen molar-refractivity contribution in [3.8, 4) is 0 Å². The molecule has 1 saturated heterocycles. The average Bonchev–Trinajstić information content (AvgIpc) is 2.79. The zero-order chi connectivity index (χ0) is 14.9. The number of benzene rings is 1. The fraction of sp³-hybridized carbons (Fsp3) is 0.571. The van der Waals surface area contributed by atoms with Crippen LogP contribution in [0.1, 0.15) is 6.92 Å². The highest BCUT2D eigenvalue weighted by Crippen LogP contribution is 2.38. The van der Waals surface area contributed by atoms with Crippen molar-refractivity contribution in [2.24, 2.45) is 5.92 Å². The first kappa shape index (κ1) is 14.6. The maximum atomic E-state index is 11.4. The lowest BCUT2D eigenvalue weighted by Gasteiger charge is -2.23. The third-order valence-corrected chi connectivity index (χ3v) is 4.04. The molecule has 1 aliphatic heterocycles. The van der Waals surface area contributed by atoms with E-state index in [4.69, 9.17) is 0 Å². The van der Waals surface area contributed by atoms with Gasteiger partial charge in [-0.2, -0.15) is 0 Å². The van der Waals surface area contributed by atoms with E-state index in [1.54, 1.807) is 13.1 Å². The van der Waals surface area contributed by atoms with Gasteiger partial charge in [-0.1, -0.05) is 13.0 Å². The van der Waals surface area contributed by atoms with Crippen molar-refractivity contribution in [3.63, 3.8) is 0 Å². The largest absolute Gasteiger partial charge is 0.382 e. The van der Waals surface area contributed by atoms with E-state index in [1.165, 1.54) is 0 Å². The van der Waals surface area contributed by atoms with Crippen LogP contribution in [-0.4, -0.2) is 50.1 Å². The van der Waals surface area contributed by atoms with Gasteiger partial charge in [0.25, 0.3) is 0 Å². The van der Waals surface area contributed by atoms with Gasteiger partial charge in [0.1, 0.15) is 11.4 Å². The van der Waals surface area contributed by atoms with Crippen molar-refractivity contribution in [3.05, 3.63) is 28.3 Å². The molecule has 110 valence electrons. The quantitative estimate of drug-likeness (QED) is 0.674. The first-order valence-corrected chi connectivity index (χ1v) is 6.82. The van der Waals surface area contributed by atoms with E-state index in [-0.39, 0.29) is 10.6 Å². The number of nitrogens with one attached hydrogen (secondary N) is 1. The maximum absolute atomic E-state index is 11.4. The van der Waals surface area contributed by atoms with Gasteiger partial charge in [-0.05, 0) is 32.1 Å². The highest BCUT2D eigenvalue weighted by atomic mass is 16.6. The minimum Gasteiger partial charge on any atom is -0.382 e. The van der Waals surface area contributed by atoms with E-state index < -0.39 is 0 Å². The highest BCUT2D eigenvalue weighted by Gasteiger charge is 2.34. The average molecular weight is 278 g/mol. The molecule has 2 rings (SSSR count). The molecular weight excluding hydrogens is 256 g/mol. The molecule has 1 heterocycles. The zero-order valence-corrected chi connectivity index (χ0v) is 12.5. The SMILES string of the molecule is CNc1cccc(N2CC(C)C(N(C)C)C2)c1[N+](=O)[O-]. The first-order chi connectivity index (χ1) is 9.45. The topological polar surface area (TPSA) is 61.6 Å². The predicted molar refractivity (Wildman–Crippen MR) is 81.5 cm³/mol. The molecule has 0 aliphatic carbocycles. The Morgan fingerprint density at radius 2 is 2.10 bits per heavy atom. The Bertz CT molecular complexity index is 504. The summed E-state index contributed by atoms with van der Waals surface area (Å²) in [7, 11) is 5.83. The molecular formula is C14H22N4O2. The van der Waals surface area contributed by atoms with Gasteiger partial charge in [0, 0.05) is 26.2 Å². The number of hydrogen-bond donors (Lipinski definition) is 1. The maximum Gasteiger partial charge on any atom is 0.315 e. The van der Waals surface area contributed by atoms with Gasteiger partial charge in [-0.3, -0.25) is 10.1 Å². The van der Waals surface area contributed by atoms with Crippen LogP contribution >= 0.6 is 0 Å². The van der Waals surface area contributed by atoms with E-state index in [0.29, 0.717) is 23.3 Å². The van der Waals surface area contributed by atoms with Gasteiger partial charge >= 0.3 is 5.69 Å². The second-order valence-electron chi connectivity index (χ2n) is 5.59. The van der Waals surface area contributed by atoms with Crippen molar-refractivity contribution in [1.82, 2.24) is 4.90 Å². The summed E-state index contributed by atoms with van der Waals surface area (Å²) in [5.41, 5.74) is 1.44. The third-order valence-electron chi connectivity index (χ3n) is 4.04. The summed E-state index contributed by atoms with van der Waals surface area (Å²) in [6.45, 7) is 3.86. The molecule has 1 fully saturated rings. The van der Waals surface area contributed by atoms with Crippen molar-refractivity contribution in [1.29, 1.82) is 0 Å². The summed E-state index contributed by atoms with van der Waals surface area (Å²) in [6.07, 6.45) is 0. The lowest BCUT2D eigenvalue weighted by molar-refractivity contribution is -0.383. The van der Waals surface area contributed by atoms with Gasteiger partial charge < -0.3 is 15.1 Å². The van der Waals surface area contributed by atoms with Crippen LogP contribution in [0.15, 0.2) is 18.2 Å². The van der Waals surface area contributed by atoms with E-state index in [2.05, 4.69) is 36.1 Å². The van der Waals surface area contributed by atoms with Gasteiger partial charge in [0.15, 0.2) is 0 Å². The monoisotopic (exact) mass is 278 g/mol. The number of nitro benzene ring substituents is 1. The Morgan fingerprint density at radius 3 is 2.60 bits per heavy atom. The summed E-state index contributed by atoms with van der Waals surface area (Å²) in [4.78, 5) is 15.4. The lowest BCUT2D eigenvalue weighted by Crippen LogP contribution is -2.34. The fourth-order valence-corrected chi connectivity index (χ4v) is 3.00. The predicted octanol–water partition coefficient (Wildman–Crippen LogP) is 2.02. The molecule has 1 aliphatic rings. The molecule has 0 spiro atoms. The Morgan fingerprint density at radius 1 is 1.40 bits per heavy atom. The van der Waals surface area contributed by atoms with Crippen molar-refractivity contribution < 1.29 is 4.92 Å². The molecule has 0 bridgehead atoms. The number of rotatable bonds is 4. The summed E-state index contributed by atoms with van der Waals surface area (Å²) >= 11 is 0. The van der Waals surface area contributed by atoms with Crippen LogP contribution < -0.4 is 10.2 Å². The third kappa shape index (κ3) is 2.56. The standard InChI is InChI=1S/C14H22N4O2/c1-10-8-17(9-13(10)16(3)4)12-7-5-6-11(15-2)14(12)18(19)20/h5-7,10,13,15H,8-9H2,1-4H3. The Kier molecular flexibility index (Phi) is 4.13. The number of nitro groups is 1. The molecule has 2 atom stereocenters. The van der Waals surface area contributed by atoms with Crippen LogP contribution in [0.3, 0.4) is 0 Å². The van der Waals surface area contributed by atoms with Crippen molar-refractivity contribution in [2.75, 3.05) is 44.4 Å². The van der Waals surface area contributed by atoms with Crippen LogP contribution in [0.25, 0.3) is 0 Å². The van der Waals surface area contributed by atoms with Crippen molar-refractivity contribution >= 4 is 17.1 Å². The van der Waals surface area contributed by atoms with Gasteiger partial charge in [0.2, 0.25) is 0 Å². The number of nitrogens with zero attached hydrogens (tertiary/aromatic N) is 3. The Balaban J connectivity index is 2.37. The summed E-state index contributed by atoms with van der Waals surface area (Å²) in [6, 6.07) is 5.86. The summed E-state index contributed by atoms with van der Waals surface area (Å²) in [5, 5.41) is 14.3. The second kappa shape index (κ2) is 5.66. The zero-order valence-electron chi connectivity index (χ0n) is 12.5. The van der Waals surface area contributed by atoms with E-state index in [9.17, 15) is 10.1 Å². The van der Waals surface area contributed by atoms with Crippen LogP contribution in [0.5, 0.6) is 0 Å². The molecule has 0 amide bonds. The molecule has 6 nitrogen and oxygen atoms in total. The summed E-state index contributed by atoms with van der Waals surface area (Å²) < 4.78 is 0. The normalized spacial score (nSPS) is 22.4. The second-order valence-corrected chi connectivity index (χ2v) is 5.59. The van der Waals surface area contributed by atoms with Crippen LogP contribution in [0.4, 0.5) is 17.1 Å². The van der Waals surface area contributed by atoms with Crippen LogP contribution in [0.2, 0.25) is 0 Å². The molecule has 1 aromatic carbocycles. The van der Waals surface area contributed by atoms with E-state index >= 15 is 0 Å². The number of anilines is 2. The number of para-hydroxylation sites is 1. The van der Waals surface area contributed by atoms with Crippen LogP contribution in [0, 0.1) is 16.0 Å². The lowest BCUT2D eigenvalue weighted by atomic mass is 10.1. The van der Waals surface area contributed by atoms with Gasteiger partial charge in [-0.25, -0.2) is 0 Å². The van der Waals surface area contributed by atoms with Crippen LogP contribution in [-0.2, 0) is 0 Å². The fourth-order valence-electron chi connectivity index (χ4n) is 3.00. The van der Waals surface area contributed by atoms with E-state index in [1.807, 2.05) is 12.1 Å². The van der Waals surface area contributed by atoms with E-state index in [0.717, 1.165) is 13.1 Å². The number of hydrogen-bond acceptors (Lipinski definition) is 5. The molecule has 20 heavy (non-hydrogen) atoms.